The third-order valence-corrected chi connectivity index (χ3v) is 5.74. The summed E-state index contributed by atoms with van der Waals surface area (Å²) in [6.45, 7) is 0. The molecule has 0 saturated carbocycles. The molecule has 2 aliphatic carbocycles. The molecule has 0 aromatic heterocycles. The summed E-state index contributed by atoms with van der Waals surface area (Å²) in [6.07, 6.45) is 2.76. The molecule has 4 atom stereocenters. The van der Waals surface area contributed by atoms with Gasteiger partial charge in [-0.2, -0.15) is 0 Å². The Bertz CT molecular complexity index is 857. The van der Waals surface area contributed by atoms with Crippen LogP contribution in [0.4, 0.5) is 0 Å². The van der Waals surface area contributed by atoms with Crippen molar-refractivity contribution in [2.75, 3.05) is 0 Å². The number of nitrogens with zero attached hydrogens (tertiary/aromatic N) is 2. The van der Waals surface area contributed by atoms with Crippen LogP contribution < -0.4 is 0 Å². The first kappa shape index (κ1) is 13.6. The van der Waals surface area contributed by atoms with Crippen LogP contribution in [-0.4, -0.2) is 24.0 Å². The van der Waals surface area contributed by atoms with Crippen LogP contribution in [0.25, 0.3) is 0 Å². The zero-order valence-corrected chi connectivity index (χ0v) is 13.8. The largest absolute Gasteiger partial charge is 0.474 e. The van der Waals surface area contributed by atoms with E-state index in [1.54, 1.807) is 0 Å². The molecule has 0 amide bonds. The van der Waals surface area contributed by atoms with Crippen molar-refractivity contribution < 1.29 is 9.47 Å². The second-order valence-corrected chi connectivity index (χ2v) is 7.23. The Morgan fingerprint density at radius 1 is 0.720 bits per heavy atom. The molecule has 4 heteroatoms. The highest BCUT2D eigenvalue weighted by atomic mass is 16.5. The van der Waals surface area contributed by atoms with E-state index in [9.17, 15) is 0 Å². The fourth-order valence-electron chi connectivity index (χ4n) is 4.62. The predicted molar refractivity (Wildman–Crippen MR) is 95.0 cm³/mol. The number of benzene rings is 2. The zero-order chi connectivity index (χ0) is 16.4. The Kier molecular flexibility index (Phi) is 2.70. The summed E-state index contributed by atoms with van der Waals surface area (Å²) in [5.41, 5.74) is 5.34. The lowest BCUT2D eigenvalue weighted by Crippen LogP contribution is -2.17. The highest BCUT2D eigenvalue weighted by Gasteiger charge is 2.42. The Balaban J connectivity index is 1.23. The van der Waals surface area contributed by atoms with Crippen LogP contribution in [0.1, 0.15) is 40.8 Å². The van der Waals surface area contributed by atoms with E-state index in [0.717, 1.165) is 24.6 Å². The molecule has 0 bridgehead atoms. The molecule has 0 spiro atoms. The van der Waals surface area contributed by atoms with Gasteiger partial charge in [-0.3, -0.25) is 0 Å². The average molecular weight is 330 g/mol. The molecule has 25 heavy (non-hydrogen) atoms. The van der Waals surface area contributed by atoms with Crippen LogP contribution in [0.3, 0.4) is 0 Å². The first-order valence-electron chi connectivity index (χ1n) is 8.97. The van der Waals surface area contributed by atoms with Gasteiger partial charge in [0.15, 0.2) is 11.8 Å². The van der Waals surface area contributed by atoms with Gasteiger partial charge in [-0.25, -0.2) is 9.98 Å². The molecule has 2 aliphatic heterocycles. The van der Waals surface area contributed by atoms with Crippen molar-refractivity contribution in [3.05, 3.63) is 70.8 Å². The van der Waals surface area contributed by atoms with E-state index in [2.05, 4.69) is 48.5 Å². The average Bonchev–Trinajstić information content (AvgIpc) is 3.33. The lowest BCUT2D eigenvalue weighted by atomic mass is 10.1. The Labute approximate surface area is 146 Å². The van der Waals surface area contributed by atoms with Gasteiger partial charge >= 0.3 is 0 Å². The third-order valence-electron chi connectivity index (χ3n) is 5.74. The normalized spacial score (nSPS) is 30.6. The van der Waals surface area contributed by atoms with E-state index in [4.69, 9.17) is 19.5 Å². The molecular weight excluding hydrogens is 312 g/mol. The summed E-state index contributed by atoms with van der Waals surface area (Å²) in [4.78, 5) is 9.65. The van der Waals surface area contributed by atoms with Gasteiger partial charge in [-0.05, 0) is 22.3 Å². The van der Waals surface area contributed by atoms with E-state index in [-0.39, 0.29) is 24.3 Å². The Hall–Kier alpha value is -2.62. The van der Waals surface area contributed by atoms with Crippen molar-refractivity contribution in [1.82, 2.24) is 0 Å². The fraction of sp³-hybridized carbons (Fsp3) is 0.333. The maximum Gasteiger partial charge on any atom is 0.193 e. The molecule has 2 unspecified atom stereocenters. The molecule has 0 fully saturated rings. The van der Waals surface area contributed by atoms with Crippen LogP contribution >= 0.6 is 0 Å². The van der Waals surface area contributed by atoms with Crippen molar-refractivity contribution in [3.8, 4) is 0 Å². The van der Waals surface area contributed by atoms with Crippen LogP contribution in [-0.2, 0) is 22.3 Å². The van der Waals surface area contributed by atoms with Crippen molar-refractivity contribution in [3.63, 3.8) is 0 Å². The molecule has 124 valence electrons. The summed E-state index contributed by atoms with van der Waals surface area (Å²) in [5, 5.41) is 0. The number of hydrogen-bond acceptors (Lipinski definition) is 4. The minimum atomic E-state index is 0.147. The lowest BCUT2D eigenvalue weighted by Gasteiger charge is -2.10. The molecule has 0 saturated heterocycles. The number of aliphatic imine (C=N–C) groups is 2. The van der Waals surface area contributed by atoms with E-state index >= 15 is 0 Å². The highest BCUT2D eigenvalue weighted by molar-refractivity contribution is 5.98. The van der Waals surface area contributed by atoms with Gasteiger partial charge in [-0.15, -0.1) is 0 Å². The minimum Gasteiger partial charge on any atom is -0.474 e. The molecule has 6 rings (SSSR count). The minimum absolute atomic E-state index is 0.147. The molecular formula is C21H18N2O2. The summed E-state index contributed by atoms with van der Waals surface area (Å²) in [6, 6.07) is 17.3. The monoisotopic (exact) mass is 330 g/mol. The highest BCUT2D eigenvalue weighted by Crippen LogP contribution is 2.42. The first-order valence-corrected chi connectivity index (χ1v) is 8.97. The van der Waals surface area contributed by atoms with Gasteiger partial charge in [0, 0.05) is 12.8 Å². The standard InChI is InChI=1S/C21H18N2O2/c1-3-7-14-12(5-1)9-16-20(14)22-18(24-16)11-19-23-21-15-8-4-2-6-13(15)10-17(21)25-19/h1-8,16-17,20-21H,9-11H2/t16?,17?,20-,21-/m1/s1. The van der Waals surface area contributed by atoms with Crippen molar-refractivity contribution in [1.29, 1.82) is 0 Å². The lowest BCUT2D eigenvalue weighted by molar-refractivity contribution is 0.192. The van der Waals surface area contributed by atoms with E-state index in [1.165, 1.54) is 22.3 Å². The van der Waals surface area contributed by atoms with Crippen molar-refractivity contribution >= 4 is 11.8 Å². The summed E-state index contributed by atoms with van der Waals surface area (Å²) in [7, 11) is 0. The molecule has 4 aliphatic rings. The summed E-state index contributed by atoms with van der Waals surface area (Å²) >= 11 is 0. The van der Waals surface area contributed by atoms with Gasteiger partial charge in [0.05, 0.1) is 6.42 Å². The van der Waals surface area contributed by atoms with E-state index in [1.807, 2.05) is 0 Å². The first-order chi connectivity index (χ1) is 12.3. The van der Waals surface area contributed by atoms with Gasteiger partial charge in [0.2, 0.25) is 0 Å². The smallest absolute Gasteiger partial charge is 0.193 e. The van der Waals surface area contributed by atoms with Gasteiger partial charge < -0.3 is 9.47 Å². The van der Waals surface area contributed by atoms with Crippen LogP contribution in [0.2, 0.25) is 0 Å². The van der Waals surface area contributed by atoms with E-state index < -0.39 is 0 Å². The zero-order valence-electron chi connectivity index (χ0n) is 13.8. The summed E-state index contributed by atoms with van der Waals surface area (Å²) < 4.78 is 12.2. The van der Waals surface area contributed by atoms with Crippen LogP contribution in [0.15, 0.2) is 58.5 Å². The predicted octanol–water partition coefficient (Wildman–Crippen LogP) is 3.57. The van der Waals surface area contributed by atoms with Gasteiger partial charge in [0.1, 0.15) is 24.3 Å². The number of fused-ring (bicyclic) bond motifs is 6. The second-order valence-electron chi connectivity index (χ2n) is 7.23. The SMILES string of the molecule is c1ccc2c(c1)CC1OC(CC3=N[C@@H]4c5ccccc5CC4O3)=N[C@H]21. The topological polar surface area (TPSA) is 43.2 Å². The molecule has 2 heterocycles. The second kappa shape index (κ2) is 4.94. The maximum atomic E-state index is 6.11. The van der Waals surface area contributed by atoms with E-state index in [0.29, 0.717) is 6.42 Å². The Morgan fingerprint density at radius 2 is 1.20 bits per heavy atom. The summed E-state index contributed by atoms with van der Waals surface area (Å²) in [5.74, 6) is 1.55. The fourth-order valence-corrected chi connectivity index (χ4v) is 4.62. The molecule has 0 radical (unpaired) electrons. The quantitative estimate of drug-likeness (QED) is 0.845. The molecule has 2 aromatic carbocycles. The maximum absolute atomic E-state index is 6.11. The van der Waals surface area contributed by atoms with Crippen LogP contribution in [0, 0.1) is 0 Å². The molecule has 4 nitrogen and oxygen atoms in total. The number of hydrogen-bond donors (Lipinski definition) is 0. The van der Waals surface area contributed by atoms with Gasteiger partial charge in [-0.1, -0.05) is 48.5 Å². The number of rotatable bonds is 2. The molecule has 0 N–H and O–H groups in total. The van der Waals surface area contributed by atoms with Gasteiger partial charge in [0.25, 0.3) is 0 Å². The molecule has 2 aromatic rings. The van der Waals surface area contributed by atoms with Crippen molar-refractivity contribution in [2.24, 2.45) is 9.98 Å². The number of ether oxygens (including phenoxy) is 2. The third kappa shape index (κ3) is 2.00. The van der Waals surface area contributed by atoms with Crippen molar-refractivity contribution in [2.45, 2.75) is 43.6 Å². The Morgan fingerprint density at radius 3 is 1.72 bits per heavy atom. The van der Waals surface area contributed by atoms with Crippen LogP contribution in [0.5, 0.6) is 0 Å².